The summed E-state index contributed by atoms with van der Waals surface area (Å²) < 4.78 is 0. The lowest BCUT2D eigenvalue weighted by molar-refractivity contribution is 0.248. The van der Waals surface area contributed by atoms with E-state index >= 15 is 0 Å². The van der Waals surface area contributed by atoms with Gasteiger partial charge in [-0.05, 0) is 33.4 Å². The van der Waals surface area contributed by atoms with E-state index in [4.69, 9.17) is 11.0 Å². The Morgan fingerprint density at radius 1 is 1.50 bits per heavy atom. The molecule has 1 fully saturated rings. The van der Waals surface area contributed by atoms with Gasteiger partial charge in [0.15, 0.2) is 0 Å². The molecule has 4 nitrogen and oxygen atoms in total. The van der Waals surface area contributed by atoms with Gasteiger partial charge in [-0.2, -0.15) is 5.26 Å². The van der Waals surface area contributed by atoms with Crippen LogP contribution in [0.2, 0.25) is 0 Å². The van der Waals surface area contributed by atoms with Crippen molar-refractivity contribution in [3.05, 3.63) is 0 Å². The predicted molar refractivity (Wildman–Crippen MR) is 65.9 cm³/mol. The molecule has 1 aliphatic heterocycles. The van der Waals surface area contributed by atoms with E-state index in [1.165, 1.54) is 0 Å². The molecule has 1 aliphatic rings. The van der Waals surface area contributed by atoms with E-state index in [0.717, 1.165) is 26.1 Å². The molecule has 16 heavy (non-hydrogen) atoms. The largest absolute Gasteiger partial charge is 0.314 e. The van der Waals surface area contributed by atoms with Gasteiger partial charge in [-0.15, -0.1) is 0 Å². The van der Waals surface area contributed by atoms with Crippen molar-refractivity contribution >= 4 is 0 Å². The number of likely N-dealkylation sites (N-methyl/N-ethyl adjacent to an activating group) is 1. The third-order valence-electron chi connectivity index (χ3n) is 3.51. The number of nitrogens with two attached hydrogens (primary N) is 1. The number of nitriles is 1. The monoisotopic (exact) mass is 224 g/mol. The van der Waals surface area contributed by atoms with E-state index in [-0.39, 0.29) is 0 Å². The maximum atomic E-state index is 8.86. The predicted octanol–water partition coefficient (Wildman–Crippen LogP) is 0.499. The average molecular weight is 224 g/mol. The molecule has 0 radical (unpaired) electrons. The first-order valence-electron chi connectivity index (χ1n) is 5.94. The first-order chi connectivity index (χ1) is 7.35. The lowest BCUT2D eigenvalue weighted by Gasteiger charge is -2.23. The highest BCUT2D eigenvalue weighted by Gasteiger charge is 2.31. The molecule has 3 atom stereocenters. The molecule has 0 bridgehead atoms. The highest BCUT2D eigenvalue weighted by Crippen LogP contribution is 2.20. The van der Waals surface area contributed by atoms with Gasteiger partial charge in [0.2, 0.25) is 0 Å². The van der Waals surface area contributed by atoms with Gasteiger partial charge >= 0.3 is 0 Å². The van der Waals surface area contributed by atoms with Gasteiger partial charge in [0, 0.05) is 25.7 Å². The van der Waals surface area contributed by atoms with E-state index in [0.29, 0.717) is 12.0 Å². The summed E-state index contributed by atoms with van der Waals surface area (Å²) in [5.41, 5.74) is 5.14. The minimum atomic E-state index is -0.681. The summed E-state index contributed by atoms with van der Waals surface area (Å²) in [6.07, 6.45) is 0.746. The number of hydrogen-bond acceptors (Lipinski definition) is 4. The molecule has 0 aromatic rings. The van der Waals surface area contributed by atoms with Crippen LogP contribution in [-0.4, -0.2) is 55.1 Å². The Hall–Kier alpha value is -0.630. The van der Waals surface area contributed by atoms with Crippen molar-refractivity contribution < 1.29 is 0 Å². The molecular weight excluding hydrogens is 200 g/mol. The zero-order valence-electron chi connectivity index (χ0n) is 10.9. The SMILES string of the molecule is CC1CN(CCC(C)(N)C#N)CC1N(C)C. The zero-order valence-corrected chi connectivity index (χ0v) is 10.9. The quantitative estimate of drug-likeness (QED) is 0.755. The highest BCUT2D eigenvalue weighted by atomic mass is 15.2. The van der Waals surface area contributed by atoms with E-state index < -0.39 is 5.54 Å². The summed E-state index contributed by atoms with van der Waals surface area (Å²) in [6.45, 7) is 7.22. The molecule has 0 saturated carbocycles. The van der Waals surface area contributed by atoms with Crippen molar-refractivity contribution in [1.82, 2.24) is 9.80 Å². The van der Waals surface area contributed by atoms with Crippen LogP contribution >= 0.6 is 0 Å². The Labute approximate surface area is 99.0 Å². The summed E-state index contributed by atoms with van der Waals surface area (Å²) in [4.78, 5) is 4.70. The summed E-state index contributed by atoms with van der Waals surface area (Å²) >= 11 is 0. The number of hydrogen-bond donors (Lipinski definition) is 1. The van der Waals surface area contributed by atoms with Crippen molar-refractivity contribution in [2.24, 2.45) is 11.7 Å². The van der Waals surface area contributed by atoms with Crippen LogP contribution in [-0.2, 0) is 0 Å². The molecule has 0 aliphatic carbocycles. The second-order valence-electron chi connectivity index (χ2n) is 5.55. The van der Waals surface area contributed by atoms with Crippen LogP contribution < -0.4 is 5.73 Å². The standard InChI is InChI=1S/C12H24N4/c1-10-7-16(8-11(10)15(3)4)6-5-12(2,14)9-13/h10-11H,5-8,14H2,1-4H3. The summed E-state index contributed by atoms with van der Waals surface area (Å²) in [5, 5.41) is 8.86. The average Bonchev–Trinajstić information content (AvgIpc) is 2.57. The fraction of sp³-hybridized carbons (Fsp3) is 0.917. The Balaban J connectivity index is 2.40. The minimum absolute atomic E-state index is 0.631. The van der Waals surface area contributed by atoms with Crippen molar-refractivity contribution in [2.75, 3.05) is 33.7 Å². The summed E-state index contributed by atoms with van der Waals surface area (Å²) in [7, 11) is 4.26. The third kappa shape index (κ3) is 3.44. The fourth-order valence-corrected chi connectivity index (χ4v) is 2.35. The number of likely N-dealkylation sites (tertiary alicyclic amines) is 1. The normalized spacial score (nSPS) is 30.3. The van der Waals surface area contributed by atoms with Crippen LogP contribution in [0.4, 0.5) is 0 Å². The molecule has 92 valence electrons. The van der Waals surface area contributed by atoms with Crippen LogP contribution in [0, 0.1) is 17.2 Å². The first kappa shape index (κ1) is 13.4. The van der Waals surface area contributed by atoms with Gasteiger partial charge in [-0.1, -0.05) is 6.92 Å². The summed E-state index contributed by atoms with van der Waals surface area (Å²) in [5.74, 6) is 0.695. The molecule has 4 heteroatoms. The van der Waals surface area contributed by atoms with Gasteiger partial charge in [0.1, 0.15) is 5.54 Å². The Morgan fingerprint density at radius 2 is 2.12 bits per heavy atom. The van der Waals surface area contributed by atoms with Crippen LogP contribution in [0.1, 0.15) is 20.3 Å². The van der Waals surface area contributed by atoms with Gasteiger partial charge in [0.25, 0.3) is 0 Å². The van der Waals surface area contributed by atoms with Crippen LogP contribution in [0.15, 0.2) is 0 Å². The Kier molecular flexibility index (Phi) is 4.31. The molecule has 3 unspecified atom stereocenters. The van der Waals surface area contributed by atoms with Crippen molar-refractivity contribution in [3.63, 3.8) is 0 Å². The highest BCUT2D eigenvalue weighted by molar-refractivity contribution is 5.01. The van der Waals surface area contributed by atoms with Crippen LogP contribution in [0.5, 0.6) is 0 Å². The maximum Gasteiger partial charge on any atom is 0.102 e. The van der Waals surface area contributed by atoms with Crippen molar-refractivity contribution in [3.8, 4) is 6.07 Å². The van der Waals surface area contributed by atoms with Crippen LogP contribution in [0.25, 0.3) is 0 Å². The minimum Gasteiger partial charge on any atom is -0.314 e. The lowest BCUT2D eigenvalue weighted by atomic mass is 10.0. The summed E-state index contributed by atoms with van der Waals surface area (Å²) in [6, 6.07) is 2.78. The lowest BCUT2D eigenvalue weighted by Crippen LogP contribution is -2.39. The topological polar surface area (TPSA) is 56.3 Å². The van der Waals surface area contributed by atoms with Crippen molar-refractivity contribution in [2.45, 2.75) is 31.8 Å². The Morgan fingerprint density at radius 3 is 2.56 bits per heavy atom. The van der Waals surface area contributed by atoms with E-state index in [1.807, 2.05) is 0 Å². The van der Waals surface area contributed by atoms with E-state index in [9.17, 15) is 0 Å². The molecule has 0 aromatic carbocycles. The second kappa shape index (κ2) is 5.13. The van der Waals surface area contributed by atoms with Crippen LogP contribution in [0.3, 0.4) is 0 Å². The molecule has 0 amide bonds. The smallest absolute Gasteiger partial charge is 0.102 e. The molecule has 1 saturated heterocycles. The fourth-order valence-electron chi connectivity index (χ4n) is 2.35. The first-order valence-corrected chi connectivity index (χ1v) is 5.94. The number of nitrogens with zero attached hydrogens (tertiary/aromatic N) is 3. The molecule has 1 heterocycles. The van der Waals surface area contributed by atoms with Crippen molar-refractivity contribution in [1.29, 1.82) is 5.26 Å². The Bertz CT molecular complexity index is 267. The van der Waals surface area contributed by atoms with E-state index in [1.54, 1.807) is 6.92 Å². The van der Waals surface area contributed by atoms with Gasteiger partial charge in [0.05, 0.1) is 6.07 Å². The van der Waals surface area contributed by atoms with Gasteiger partial charge in [-0.25, -0.2) is 0 Å². The van der Waals surface area contributed by atoms with Gasteiger partial charge < -0.3 is 15.5 Å². The molecule has 0 spiro atoms. The number of rotatable bonds is 4. The molecular formula is C12H24N4. The maximum absolute atomic E-state index is 8.86. The molecule has 1 rings (SSSR count). The third-order valence-corrected chi connectivity index (χ3v) is 3.51. The molecule has 2 N–H and O–H groups in total. The van der Waals surface area contributed by atoms with Gasteiger partial charge in [-0.3, -0.25) is 0 Å². The second-order valence-corrected chi connectivity index (χ2v) is 5.55. The zero-order chi connectivity index (χ0) is 12.3. The van der Waals surface area contributed by atoms with E-state index in [2.05, 4.69) is 36.9 Å². The molecule has 0 aromatic heterocycles.